The summed E-state index contributed by atoms with van der Waals surface area (Å²) in [6.07, 6.45) is 6.88. The molecule has 0 aromatic carbocycles. The van der Waals surface area contributed by atoms with Gasteiger partial charge in [0.15, 0.2) is 0 Å². The van der Waals surface area contributed by atoms with E-state index in [0.29, 0.717) is 12.1 Å². The van der Waals surface area contributed by atoms with Crippen LogP contribution in [-0.2, 0) is 4.79 Å². The van der Waals surface area contributed by atoms with Crippen molar-refractivity contribution in [3.8, 4) is 5.75 Å². The van der Waals surface area contributed by atoms with Crippen molar-refractivity contribution in [2.75, 3.05) is 19.6 Å². The number of aromatic hydroxyl groups is 1. The Bertz CT molecular complexity index is 617. The second-order valence-corrected chi connectivity index (χ2v) is 6.42. The Hall–Kier alpha value is -2.11. The number of hydrogen-bond donors (Lipinski definition) is 1. The molecular formula is C17H23N3O3. The maximum Gasteiger partial charge on any atom is 0.256 e. The molecule has 1 spiro atoms. The number of rotatable bonds is 3. The largest absolute Gasteiger partial charge is 0.506 e. The predicted molar refractivity (Wildman–Crippen MR) is 85.0 cm³/mol. The number of amides is 2. The fraction of sp³-hybridized carbons (Fsp3) is 0.588. The number of nitrogens with zero attached hydrogens (tertiary/aromatic N) is 3. The van der Waals surface area contributed by atoms with Crippen LogP contribution in [0.5, 0.6) is 5.75 Å². The van der Waals surface area contributed by atoms with Crippen LogP contribution in [0.1, 0.15) is 49.4 Å². The van der Waals surface area contributed by atoms with Gasteiger partial charge in [-0.1, -0.05) is 6.92 Å². The van der Waals surface area contributed by atoms with Gasteiger partial charge in [0.1, 0.15) is 11.3 Å². The van der Waals surface area contributed by atoms with Crippen LogP contribution in [-0.4, -0.2) is 56.9 Å². The van der Waals surface area contributed by atoms with E-state index in [4.69, 9.17) is 0 Å². The van der Waals surface area contributed by atoms with Crippen LogP contribution in [0, 0.1) is 0 Å². The lowest BCUT2D eigenvalue weighted by Gasteiger charge is -2.44. The summed E-state index contributed by atoms with van der Waals surface area (Å²) < 4.78 is 0. The fourth-order valence-corrected chi connectivity index (χ4v) is 3.91. The Morgan fingerprint density at radius 1 is 1.30 bits per heavy atom. The number of likely N-dealkylation sites (tertiary alicyclic amines) is 2. The summed E-state index contributed by atoms with van der Waals surface area (Å²) >= 11 is 0. The minimum Gasteiger partial charge on any atom is -0.506 e. The predicted octanol–water partition coefficient (Wildman–Crippen LogP) is 1.79. The molecule has 2 saturated heterocycles. The van der Waals surface area contributed by atoms with E-state index in [0.717, 1.165) is 45.2 Å². The number of hydrogen-bond acceptors (Lipinski definition) is 4. The molecule has 124 valence electrons. The molecule has 3 rings (SSSR count). The topological polar surface area (TPSA) is 73.7 Å². The first kappa shape index (κ1) is 15.8. The second-order valence-electron chi connectivity index (χ2n) is 6.42. The maximum absolute atomic E-state index is 13.0. The SMILES string of the molecule is CCCN1CCCC2(CCCN2C(=O)c2cncc(O)c2)C1=O. The van der Waals surface area contributed by atoms with E-state index in [2.05, 4.69) is 11.9 Å². The first-order valence-electron chi connectivity index (χ1n) is 8.34. The summed E-state index contributed by atoms with van der Waals surface area (Å²) in [5.74, 6) is -0.158. The highest BCUT2D eigenvalue weighted by atomic mass is 16.3. The number of pyridine rings is 1. The molecule has 23 heavy (non-hydrogen) atoms. The van der Waals surface area contributed by atoms with Gasteiger partial charge in [0, 0.05) is 25.8 Å². The molecule has 1 unspecified atom stereocenters. The summed E-state index contributed by atoms with van der Waals surface area (Å²) in [5.41, 5.74) is -0.359. The van der Waals surface area contributed by atoms with Crippen molar-refractivity contribution < 1.29 is 14.7 Å². The summed E-state index contributed by atoms with van der Waals surface area (Å²) in [5, 5.41) is 9.56. The smallest absolute Gasteiger partial charge is 0.256 e. The van der Waals surface area contributed by atoms with Crippen molar-refractivity contribution in [3.05, 3.63) is 24.0 Å². The molecule has 1 aromatic heterocycles. The Morgan fingerprint density at radius 3 is 2.74 bits per heavy atom. The molecule has 0 radical (unpaired) electrons. The summed E-state index contributed by atoms with van der Waals surface area (Å²) in [6, 6.07) is 1.42. The van der Waals surface area contributed by atoms with Crippen LogP contribution in [0.4, 0.5) is 0 Å². The highest BCUT2D eigenvalue weighted by Gasteiger charge is 2.52. The van der Waals surface area contributed by atoms with Crippen molar-refractivity contribution in [1.82, 2.24) is 14.8 Å². The van der Waals surface area contributed by atoms with Gasteiger partial charge in [0.25, 0.3) is 5.91 Å². The summed E-state index contributed by atoms with van der Waals surface area (Å²) in [7, 11) is 0. The van der Waals surface area contributed by atoms with Gasteiger partial charge in [-0.3, -0.25) is 14.6 Å². The average molecular weight is 317 g/mol. The average Bonchev–Trinajstić information content (AvgIpc) is 2.96. The first-order valence-corrected chi connectivity index (χ1v) is 8.34. The van der Waals surface area contributed by atoms with Gasteiger partial charge in [-0.05, 0) is 38.2 Å². The standard InChI is InChI=1S/C17H23N3O3/c1-2-7-19-8-3-5-17(16(19)23)6-4-9-20(17)15(22)13-10-14(21)12-18-11-13/h10-12,21H,2-9H2,1H3. The Kier molecular flexibility index (Phi) is 4.24. The first-order chi connectivity index (χ1) is 11.1. The van der Waals surface area contributed by atoms with Crippen molar-refractivity contribution in [2.24, 2.45) is 0 Å². The molecule has 0 bridgehead atoms. The Balaban J connectivity index is 1.90. The van der Waals surface area contributed by atoms with Gasteiger partial charge in [0.2, 0.25) is 5.91 Å². The zero-order valence-corrected chi connectivity index (χ0v) is 13.5. The molecule has 3 heterocycles. The molecule has 0 aliphatic carbocycles. The Morgan fingerprint density at radius 2 is 2.04 bits per heavy atom. The third-order valence-corrected chi connectivity index (χ3v) is 4.90. The van der Waals surface area contributed by atoms with E-state index in [-0.39, 0.29) is 17.6 Å². The zero-order valence-electron chi connectivity index (χ0n) is 13.5. The molecule has 1 atom stereocenters. The second kappa shape index (κ2) is 6.18. The normalized spacial score (nSPS) is 24.5. The molecule has 1 N–H and O–H groups in total. The molecule has 2 aliphatic heterocycles. The molecule has 6 heteroatoms. The molecule has 2 fully saturated rings. The maximum atomic E-state index is 13.0. The van der Waals surface area contributed by atoms with Gasteiger partial charge in [-0.25, -0.2) is 0 Å². The number of carbonyl (C=O) groups is 2. The van der Waals surface area contributed by atoms with Gasteiger partial charge in [-0.2, -0.15) is 0 Å². The quantitative estimate of drug-likeness (QED) is 0.922. The van der Waals surface area contributed by atoms with Crippen molar-refractivity contribution in [1.29, 1.82) is 0 Å². The van der Waals surface area contributed by atoms with Gasteiger partial charge in [-0.15, -0.1) is 0 Å². The van der Waals surface area contributed by atoms with Crippen molar-refractivity contribution in [3.63, 3.8) is 0 Å². The van der Waals surface area contributed by atoms with Crippen LogP contribution in [0.25, 0.3) is 0 Å². The third kappa shape index (κ3) is 2.66. The fourth-order valence-electron chi connectivity index (χ4n) is 3.91. The number of piperidine rings is 1. The number of aromatic nitrogens is 1. The van der Waals surface area contributed by atoms with E-state index in [1.807, 2.05) is 4.90 Å². The minimum atomic E-state index is -0.698. The zero-order chi connectivity index (χ0) is 16.4. The molecule has 2 aliphatic rings. The van der Waals surface area contributed by atoms with E-state index in [1.165, 1.54) is 18.5 Å². The molecule has 0 saturated carbocycles. The lowest BCUT2D eigenvalue weighted by atomic mass is 9.85. The highest BCUT2D eigenvalue weighted by molar-refractivity contribution is 6.00. The van der Waals surface area contributed by atoms with E-state index in [9.17, 15) is 14.7 Å². The van der Waals surface area contributed by atoms with Gasteiger partial charge in [0.05, 0.1) is 11.8 Å². The molecule has 2 amide bonds. The van der Waals surface area contributed by atoms with Crippen LogP contribution in [0.15, 0.2) is 18.5 Å². The third-order valence-electron chi connectivity index (χ3n) is 4.90. The van der Waals surface area contributed by atoms with E-state index in [1.54, 1.807) is 4.90 Å². The van der Waals surface area contributed by atoms with Gasteiger partial charge >= 0.3 is 0 Å². The van der Waals surface area contributed by atoms with Crippen molar-refractivity contribution >= 4 is 11.8 Å². The summed E-state index contributed by atoms with van der Waals surface area (Å²) in [6.45, 7) is 4.17. The van der Waals surface area contributed by atoms with Crippen LogP contribution >= 0.6 is 0 Å². The highest BCUT2D eigenvalue weighted by Crippen LogP contribution is 2.39. The molecule has 1 aromatic rings. The van der Waals surface area contributed by atoms with Crippen LogP contribution in [0.2, 0.25) is 0 Å². The minimum absolute atomic E-state index is 0.0355. The van der Waals surface area contributed by atoms with Crippen LogP contribution < -0.4 is 0 Å². The van der Waals surface area contributed by atoms with Gasteiger partial charge < -0.3 is 14.9 Å². The monoisotopic (exact) mass is 317 g/mol. The molecule has 6 nitrogen and oxygen atoms in total. The van der Waals surface area contributed by atoms with Crippen molar-refractivity contribution in [2.45, 2.75) is 44.6 Å². The van der Waals surface area contributed by atoms with Crippen LogP contribution in [0.3, 0.4) is 0 Å². The number of carbonyl (C=O) groups excluding carboxylic acids is 2. The lowest BCUT2D eigenvalue weighted by Crippen LogP contribution is -2.61. The molecular weight excluding hydrogens is 294 g/mol. The Labute approximate surface area is 136 Å². The summed E-state index contributed by atoms with van der Waals surface area (Å²) in [4.78, 5) is 33.4. The van der Waals surface area contributed by atoms with E-state index < -0.39 is 5.54 Å². The lowest BCUT2D eigenvalue weighted by molar-refractivity contribution is -0.145. The van der Waals surface area contributed by atoms with E-state index >= 15 is 0 Å².